The summed E-state index contributed by atoms with van der Waals surface area (Å²) in [5.41, 5.74) is 6.12. The molecule has 9 heteroatoms. The second-order valence-electron chi connectivity index (χ2n) is 5.50. The van der Waals surface area contributed by atoms with Crippen LogP contribution in [0.2, 0.25) is 10.0 Å². The van der Waals surface area contributed by atoms with E-state index in [-0.39, 0.29) is 22.2 Å². The molecule has 0 saturated heterocycles. The number of carbonyl (C=O) groups is 3. The van der Waals surface area contributed by atoms with E-state index < -0.39 is 30.6 Å². The van der Waals surface area contributed by atoms with Crippen LogP contribution in [0.1, 0.15) is 5.56 Å². The molecule has 0 aliphatic heterocycles. The number of halogens is 2. The Kier molecular flexibility index (Phi) is 7.45. The van der Waals surface area contributed by atoms with Crippen LogP contribution in [0.5, 0.6) is 0 Å². The third kappa shape index (κ3) is 6.47. The summed E-state index contributed by atoms with van der Waals surface area (Å²) in [5, 5.41) is 5.28. The van der Waals surface area contributed by atoms with Crippen LogP contribution in [0.3, 0.4) is 0 Å². The van der Waals surface area contributed by atoms with Gasteiger partial charge in [-0.05, 0) is 17.7 Å². The summed E-state index contributed by atoms with van der Waals surface area (Å²) < 4.78 is 4.98. The van der Waals surface area contributed by atoms with Crippen LogP contribution in [0, 0.1) is 0 Å². The molecule has 2 aromatic carbocycles. The van der Waals surface area contributed by atoms with Crippen molar-refractivity contribution in [3.05, 3.63) is 64.1 Å². The second-order valence-corrected chi connectivity index (χ2v) is 6.32. The molecule has 0 bridgehead atoms. The van der Waals surface area contributed by atoms with Crippen molar-refractivity contribution in [1.29, 1.82) is 0 Å². The third-order valence-corrected chi connectivity index (χ3v) is 4.09. The minimum atomic E-state index is -1.03. The Hall–Kier alpha value is -2.77. The molecule has 1 atom stereocenters. The lowest BCUT2D eigenvalue weighted by Gasteiger charge is -2.16. The molecule has 7 nitrogen and oxygen atoms in total. The summed E-state index contributed by atoms with van der Waals surface area (Å²) in [7, 11) is 0. The fraction of sp³-hybridized carbons (Fsp3) is 0.167. The standard InChI is InChI=1S/C18H17Cl2N3O4/c19-12-7-4-8-13(20)16(12)23-15(24)10-27-17(25)14(22-18(21)26)9-11-5-2-1-3-6-11/h1-8,14H,9-10H2,(H,23,24)(H3,21,22,26)/t14-/m0/s1. The van der Waals surface area contributed by atoms with E-state index in [1.807, 2.05) is 6.07 Å². The number of hydrogen-bond acceptors (Lipinski definition) is 4. The minimum Gasteiger partial charge on any atom is -0.454 e. The Morgan fingerprint density at radius 2 is 1.63 bits per heavy atom. The Bertz CT molecular complexity index is 810. The maximum absolute atomic E-state index is 12.2. The molecule has 3 amide bonds. The van der Waals surface area contributed by atoms with Gasteiger partial charge in [-0.25, -0.2) is 9.59 Å². The van der Waals surface area contributed by atoms with Gasteiger partial charge in [0.25, 0.3) is 5.91 Å². The van der Waals surface area contributed by atoms with Crippen molar-refractivity contribution in [3.8, 4) is 0 Å². The van der Waals surface area contributed by atoms with Crippen LogP contribution in [0.25, 0.3) is 0 Å². The quantitative estimate of drug-likeness (QED) is 0.610. The number of primary amides is 1. The Labute approximate surface area is 165 Å². The van der Waals surface area contributed by atoms with E-state index in [0.29, 0.717) is 0 Å². The number of amides is 3. The lowest BCUT2D eigenvalue weighted by atomic mass is 10.1. The zero-order chi connectivity index (χ0) is 19.8. The average Bonchev–Trinajstić information content (AvgIpc) is 2.63. The first-order valence-corrected chi connectivity index (χ1v) is 8.63. The number of ether oxygens (including phenoxy) is 1. The molecule has 0 aromatic heterocycles. The first-order valence-electron chi connectivity index (χ1n) is 7.87. The van der Waals surface area contributed by atoms with Gasteiger partial charge in [-0.1, -0.05) is 59.6 Å². The number of hydrogen-bond donors (Lipinski definition) is 3. The summed E-state index contributed by atoms with van der Waals surface area (Å²) in [6.45, 7) is -0.577. The van der Waals surface area contributed by atoms with Gasteiger partial charge in [0.1, 0.15) is 6.04 Å². The van der Waals surface area contributed by atoms with Crippen molar-refractivity contribution in [2.45, 2.75) is 12.5 Å². The monoisotopic (exact) mass is 409 g/mol. The molecule has 4 N–H and O–H groups in total. The van der Waals surface area contributed by atoms with Gasteiger partial charge in [-0.3, -0.25) is 4.79 Å². The number of benzene rings is 2. The fourth-order valence-electron chi connectivity index (χ4n) is 2.24. The number of carbonyl (C=O) groups excluding carboxylic acids is 3. The number of nitrogens with two attached hydrogens (primary N) is 1. The van der Waals surface area contributed by atoms with Gasteiger partial charge < -0.3 is 21.1 Å². The van der Waals surface area contributed by atoms with Crippen molar-refractivity contribution in [3.63, 3.8) is 0 Å². The summed E-state index contributed by atoms with van der Waals surface area (Å²) in [6.07, 6.45) is 0.167. The molecule has 2 rings (SSSR count). The van der Waals surface area contributed by atoms with Gasteiger partial charge >= 0.3 is 12.0 Å². The molecule has 27 heavy (non-hydrogen) atoms. The van der Waals surface area contributed by atoms with Gasteiger partial charge in [0.15, 0.2) is 6.61 Å². The predicted molar refractivity (Wildman–Crippen MR) is 103 cm³/mol. The molecule has 0 aliphatic carbocycles. The van der Waals surface area contributed by atoms with Crippen LogP contribution < -0.4 is 16.4 Å². The molecule has 0 spiro atoms. The van der Waals surface area contributed by atoms with Gasteiger partial charge in [-0.2, -0.15) is 0 Å². The smallest absolute Gasteiger partial charge is 0.329 e. The maximum atomic E-state index is 12.2. The number of para-hydroxylation sites is 1. The third-order valence-electron chi connectivity index (χ3n) is 3.46. The Morgan fingerprint density at radius 1 is 1.00 bits per heavy atom. The lowest BCUT2D eigenvalue weighted by molar-refractivity contribution is -0.149. The largest absolute Gasteiger partial charge is 0.454 e. The van der Waals surface area contributed by atoms with Crippen molar-refractivity contribution in [1.82, 2.24) is 5.32 Å². The van der Waals surface area contributed by atoms with Crippen molar-refractivity contribution >= 4 is 46.8 Å². The highest BCUT2D eigenvalue weighted by Gasteiger charge is 2.23. The van der Waals surface area contributed by atoms with E-state index in [0.717, 1.165) is 5.56 Å². The predicted octanol–water partition coefficient (Wildman–Crippen LogP) is 2.75. The first kappa shape index (κ1) is 20.5. The molecule has 0 radical (unpaired) electrons. The molecule has 0 fully saturated rings. The maximum Gasteiger partial charge on any atom is 0.329 e. The highest BCUT2D eigenvalue weighted by atomic mass is 35.5. The number of anilines is 1. The molecular formula is C18H17Cl2N3O4. The van der Waals surface area contributed by atoms with E-state index in [1.54, 1.807) is 42.5 Å². The number of nitrogens with one attached hydrogen (secondary N) is 2. The molecule has 2 aromatic rings. The zero-order valence-electron chi connectivity index (χ0n) is 14.1. The summed E-state index contributed by atoms with van der Waals surface area (Å²) >= 11 is 11.9. The van der Waals surface area contributed by atoms with Crippen molar-refractivity contribution in [2.24, 2.45) is 5.73 Å². The van der Waals surface area contributed by atoms with Gasteiger partial charge in [0.2, 0.25) is 0 Å². The molecule has 0 saturated carbocycles. The molecule has 0 aliphatic rings. The Morgan fingerprint density at radius 3 is 2.22 bits per heavy atom. The van der Waals surface area contributed by atoms with Crippen molar-refractivity contribution in [2.75, 3.05) is 11.9 Å². The topological polar surface area (TPSA) is 111 Å². The molecule has 142 valence electrons. The highest BCUT2D eigenvalue weighted by Crippen LogP contribution is 2.29. The van der Waals surface area contributed by atoms with E-state index in [2.05, 4.69) is 10.6 Å². The Balaban J connectivity index is 1.96. The van der Waals surface area contributed by atoms with E-state index in [9.17, 15) is 14.4 Å². The van der Waals surface area contributed by atoms with Crippen LogP contribution in [0.15, 0.2) is 48.5 Å². The summed E-state index contributed by atoms with van der Waals surface area (Å²) in [5.74, 6) is -1.42. The minimum absolute atomic E-state index is 0.167. The molecule has 0 unspecified atom stereocenters. The van der Waals surface area contributed by atoms with Crippen LogP contribution >= 0.6 is 23.2 Å². The van der Waals surface area contributed by atoms with Crippen molar-refractivity contribution < 1.29 is 19.1 Å². The van der Waals surface area contributed by atoms with E-state index >= 15 is 0 Å². The molecular weight excluding hydrogens is 393 g/mol. The van der Waals surface area contributed by atoms with Gasteiger partial charge in [-0.15, -0.1) is 0 Å². The molecule has 0 heterocycles. The van der Waals surface area contributed by atoms with E-state index in [4.69, 9.17) is 33.7 Å². The lowest BCUT2D eigenvalue weighted by Crippen LogP contribution is -2.46. The van der Waals surface area contributed by atoms with Crippen LogP contribution in [-0.2, 0) is 20.7 Å². The normalized spacial score (nSPS) is 11.3. The number of urea groups is 1. The zero-order valence-corrected chi connectivity index (χ0v) is 15.6. The SMILES string of the molecule is NC(=O)N[C@@H](Cc1ccccc1)C(=O)OCC(=O)Nc1c(Cl)cccc1Cl. The average molecular weight is 410 g/mol. The second kappa shape index (κ2) is 9.80. The number of esters is 1. The summed E-state index contributed by atoms with van der Waals surface area (Å²) in [6, 6.07) is 11.8. The van der Waals surface area contributed by atoms with Crippen LogP contribution in [0.4, 0.5) is 10.5 Å². The van der Waals surface area contributed by atoms with E-state index in [1.165, 1.54) is 0 Å². The van der Waals surface area contributed by atoms with Gasteiger partial charge in [0.05, 0.1) is 15.7 Å². The number of rotatable bonds is 7. The highest BCUT2D eigenvalue weighted by molar-refractivity contribution is 6.39. The first-order chi connectivity index (χ1) is 12.9. The fourth-order valence-corrected chi connectivity index (χ4v) is 2.74. The van der Waals surface area contributed by atoms with Gasteiger partial charge in [0, 0.05) is 6.42 Å². The van der Waals surface area contributed by atoms with Crippen LogP contribution in [-0.4, -0.2) is 30.6 Å². The summed E-state index contributed by atoms with van der Waals surface area (Å²) in [4.78, 5) is 35.4.